The van der Waals surface area contributed by atoms with Gasteiger partial charge in [0.05, 0.1) is 18.8 Å². The van der Waals surface area contributed by atoms with Crippen LogP contribution in [0.4, 0.5) is 0 Å². The number of aryl methyl sites for hydroxylation is 1. The molecule has 2 aromatic carbocycles. The Labute approximate surface area is 207 Å². The largest absolute Gasteiger partial charge is 0.488 e. The molecule has 3 N–H and O–H groups in total. The van der Waals surface area contributed by atoms with Gasteiger partial charge in [-0.2, -0.15) is 0 Å². The number of nitrogens with one attached hydrogen (secondary N) is 1. The van der Waals surface area contributed by atoms with E-state index in [1.165, 1.54) is 11.1 Å². The zero-order chi connectivity index (χ0) is 24.9. The summed E-state index contributed by atoms with van der Waals surface area (Å²) in [5, 5.41) is 23.6. The topological polar surface area (TPSA) is 88.0 Å². The van der Waals surface area contributed by atoms with E-state index in [1.807, 2.05) is 26.0 Å². The third-order valence-corrected chi connectivity index (χ3v) is 7.98. The van der Waals surface area contributed by atoms with E-state index in [0.29, 0.717) is 12.5 Å². The fraction of sp³-hybridized carbons (Fsp3) is 0.552. The predicted octanol–water partition coefficient (Wildman–Crippen LogP) is 4.17. The quantitative estimate of drug-likeness (QED) is 0.474. The lowest BCUT2D eigenvalue weighted by Crippen LogP contribution is -2.45. The van der Waals surface area contributed by atoms with E-state index in [1.54, 1.807) is 0 Å². The first-order chi connectivity index (χ1) is 16.6. The van der Waals surface area contributed by atoms with Crippen molar-refractivity contribution in [3.05, 3.63) is 64.2 Å². The average molecular weight is 480 g/mol. The standard InChI is InChI=1S/C29H37NO5/c1-16-9-10-22(23-24-25(28(32)33)27(24)35-26(16)23)17(2)34-15-21(31)14-30-29(3,4)13-18-11-19-7-5-6-8-20(19)12-18/h5-10,17-18,21,24-25,27,30-31H,11-15H2,1-4H3,(H,32,33)/t17-,21?,24-,25-,27-/m1/s1. The highest BCUT2D eigenvalue weighted by atomic mass is 16.5. The fourth-order valence-electron chi connectivity index (χ4n) is 6.17. The van der Waals surface area contributed by atoms with Crippen LogP contribution in [0.5, 0.6) is 5.75 Å². The number of hydrogen-bond acceptors (Lipinski definition) is 5. The molecule has 1 fully saturated rings. The number of β-amino-alcohol motifs (C(OH)–C–C–N with tert-alkyl or cyclic N) is 1. The van der Waals surface area contributed by atoms with Crippen molar-refractivity contribution in [3.8, 4) is 5.75 Å². The van der Waals surface area contributed by atoms with Crippen molar-refractivity contribution in [2.75, 3.05) is 13.2 Å². The molecule has 1 unspecified atom stereocenters. The zero-order valence-corrected chi connectivity index (χ0v) is 21.1. The van der Waals surface area contributed by atoms with Crippen LogP contribution in [0, 0.1) is 18.8 Å². The minimum absolute atomic E-state index is 0.0821. The minimum atomic E-state index is -0.808. The van der Waals surface area contributed by atoms with Gasteiger partial charge < -0.3 is 25.0 Å². The molecule has 188 valence electrons. The van der Waals surface area contributed by atoms with Gasteiger partial charge in [-0.15, -0.1) is 0 Å². The number of rotatable bonds is 10. The Morgan fingerprint density at radius 1 is 1.20 bits per heavy atom. The van der Waals surface area contributed by atoms with E-state index in [0.717, 1.165) is 41.7 Å². The van der Waals surface area contributed by atoms with E-state index >= 15 is 0 Å². The number of carbonyl (C=O) groups is 1. The summed E-state index contributed by atoms with van der Waals surface area (Å²) in [5.41, 5.74) is 5.81. The first-order valence-electron chi connectivity index (χ1n) is 12.8. The average Bonchev–Trinajstić information content (AvgIpc) is 3.16. The van der Waals surface area contributed by atoms with Gasteiger partial charge in [-0.1, -0.05) is 36.4 Å². The van der Waals surface area contributed by atoms with Crippen LogP contribution in [0.25, 0.3) is 0 Å². The molecule has 35 heavy (non-hydrogen) atoms. The van der Waals surface area contributed by atoms with Gasteiger partial charge in [-0.3, -0.25) is 4.79 Å². The molecule has 1 saturated carbocycles. The summed E-state index contributed by atoms with van der Waals surface area (Å²) in [4.78, 5) is 11.5. The molecule has 1 aliphatic heterocycles. The fourth-order valence-corrected chi connectivity index (χ4v) is 6.17. The minimum Gasteiger partial charge on any atom is -0.488 e. The Kier molecular flexibility index (Phi) is 6.41. The van der Waals surface area contributed by atoms with Crippen molar-refractivity contribution in [1.82, 2.24) is 5.32 Å². The van der Waals surface area contributed by atoms with Crippen LogP contribution in [0.1, 0.15) is 67.0 Å². The predicted molar refractivity (Wildman–Crippen MR) is 134 cm³/mol. The van der Waals surface area contributed by atoms with E-state index in [9.17, 15) is 15.0 Å². The number of hydrogen-bond donors (Lipinski definition) is 3. The van der Waals surface area contributed by atoms with E-state index in [2.05, 4.69) is 43.4 Å². The van der Waals surface area contributed by atoms with Gasteiger partial charge in [0.2, 0.25) is 0 Å². The lowest BCUT2D eigenvalue weighted by molar-refractivity contribution is -0.139. The Morgan fingerprint density at radius 3 is 2.54 bits per heavy atom. The van der Waals surface area contributed by atoms with Crippen LogP contribution in [-0.4, -0.2) is 47.1 Å². The Bertz CT molecular complexity index is 1090. The van der Waals surface area contributed by atoms with Crippen molar-refractivity contribution >= 4 is 5.97 Å². The van der Waals surface area contributed by atoms with Gasteiger partial charge in [0.1, 0.15) is 17.8 Å². The molecule has 3 aliphatic rings. The molecule has 0 spiro atoms. The molecule has 1 heterocycles. The summed E-state index contributed by atoms with van der Waals surface area (Å²) >= 11 is 0. The summed E-state index contributed by atoms with van der Waals surface area (Å²) in [5.74, 6) is 0.0493. The number of aliphatic hydroxyl groups is 1. The summed E-state index contributed by atoms with van der Waals surface area (Å²) in [6, 6.07) is 12.7. The lowest BCUT2D eigenvalue weighted by Gasteiger charge is -2.31. The number of fused-ring (bicyclic) bond motifs is 4. The van der Waals surface area contributed by atoms with Crippen LogP contribution >= 0.6 is 0 Å². The van der Waals surface area contributed by atoms with Crippen LogP contribution in [0.15, 0.2) is 36.4 Å². The maximum atomic E-state index is 11.5. The van der Waals surface area contributed by atoms with Crippen LogP contribution in [0.2, 0.25) is 0 Å². The summed E-state index contributed by atoms with van der Waals surface area (Å²) < 4.78 is 12.0. The van der Waals surface area contributed by atoms with E-state index < -0.39 is 18.0 Å². The highest BCUT2D eigenvalue weighted by molar-refractivity contribution is 5.79. The second-order valence-corrected chi connectivity index (χ2v) is 11.3. The van der Waals surface area contributed by atoms with Crippen molar-refractivity contribution in [3.63, 3.8) is 0 Å². The number of carboxylic acid groups (broad SMARTS) is 1. The number of carboxylic acids is 1. The number of benzene rings is 2. The molecule has 0 amide bonds. The number of aliphatic carboxylic acids is 1. The van der Waals surface area contributed by atoms with Crippen molar-refractivity contribution in [2.45, 2.75) is 76.7 Å². The lowest BCUT2D eigenvalue weighted by atomic mass is 9.88. The third-order valence-electron chi connectivity index (χ3n) is 7.98. The molecular formula is C29H37NO5. The van der Waals surface area contributed by atoms with E-state index in [4.69, 9.17) is 9.47 Å². The molecule has 0 aromatic heterocycles. The zero-order valence-electron chi connectivity index (χ0n) is 21.1. The van der Waals surface area contributed by atoms with Gasteiger partial charge >= 0.3 is 5.97 Å². The summed E-state index contributed by atoms with van der Waals surface area (Å²) in [7, 11) is 0. The normalized spacial score (nSPS) is 24.3. The summed E-state index contributed by atoms with van der Waals surface area (Å²) in [6.45, 7) is 9.01. The highest BCUT2D eigenvalue weighted by Crippen LogP contribution is 2.61. The van der Waals surface area contributed by atoms with Crippen LogP contribution in [0.3, 0.4) is 0 Å². The molecule has 2 aromatic rings. The SMILES string of the molecule is Cc1ccc([C@@H](C)OCC(O)CNC(C)(C)CC2Cc3ccccc3C2)c2c1O[C@H]1[C@H](C(=O)O)[C@@H]21. The van der Waals surface area contributed by atoms with Gasteiger partial charge in [0.25, 0.3) is 0 Å². The Hall–Kier alpha value is -2.41. The van der Waals surface area contributed by atoms with Crippen molar-refractivity contribution in [2.24, 2.45) is 11.8 Å². The maximum absolute atomic E-state index is 11.5. The van der Waals surface area contributed by atoms with Gasteiger partial charge in [-0.05, 0) is 75.1 Å². The van der Waals surface area contributed by atoms with Gasteiger partial charge in [0, 0.05) is 23.6 Å². The van der Waals surface area contributed by atoms with Crippen LogP contribution < -0.4 is 10.1 Å². The van der Waals surface area contributed by atoms with Crippen LogP contribution in [-0.2, 0) is 22.4 Å². The molecule has 5 atom stereocenters. The first kappa shape index (κ1) is 24.3. The molecule has 2 aliphatic carbocycles. The monoisotopic (exact) mass is 479 g/mol. The Balaban J connectivity index is 1.12. The molecule has 5 rings (SSSR count). The highest BCUT2D eigenvalue weighted by Gasteiger charge is 2.64. The van der Waals surface area contributed by atoms with Gasteiger partial charge in [-0.25, -0.2) is 0 Å². The molecule has 0 bridgehead atoms. The number of ether oxygens (including phenoxy) is 2. The van der Waals surface area contributed by atoms with Crippen molar-refractivity contribution < 1.29 is 24.5 Å². The maximum Gasteiger partial charge on any atom is 0.311 e. The first-order valence-corrected chi connectivity index (χ1v) is 12.8. The molecule has 6 heteroatoms. The smallest absolute Gasteiger partial charge is 0.311 e. The third kappa shape index (κ3) is 4.84. The Morgan fingerprint density at radius 2 is 1.89 bits per heavy atom. The van der Waals surface area contributed by atoms with Crippen molar-refractivity contribution in [1.29, 1.82) is 0 Å². The summed E-state index contributed by atoms with van der Waals surface area (Å²) in [6.07, 6.45) is 2.14. The number of aliphatic hydroxyl groups excluding tert-OH is 1. The van der Waals surface area contributed by atoms with E-state index in [-0.39, 0.29) is 30.3 Å². The molecule has 0 saturated heterocycles. The van der Waals surface area contributed by atoms with Gasteiger partial charge in [0.15, 0.2) is 0 Å². The molecule has 6 nitrogen and oxygen atoms in total. The molecular weight excluding hydrogens is 442 g/mol. The second kappa shape index (κ2) is 9.23. The molecule has 0 radical (unpaired) electrons. The second-order valence-electron chi connectivity index (χ2n) is 11.3.